The molecule has 202 valence electrons. The van der Waals surface area contributed by atoms with Crippen molar-refractivity contribution in [3.8, 4) is 0 Å². The summed E-state index contributed by atoms with van der Waals surface area (Å²) in [5.41, 5.74) is 8.39. The Morgan fingerprint density at radius 3 is 2.30 bits per heavy atom. The fourth-order valence-corrected chi connectivity index (χ4v) is 5.04. The molecular formula is C29H40N2O6. The number of para-hydroxylation sites is 1. The maximum Gasteiger partial charge on any atom is 0.116 e. The molecule has 8 nitrogen and oxygen atoms in total. The van der Waals surface area contributed by atoms with Gasteiger partial charge in [-0.2, -0.15) is 0 Å². The van der Waals surface area contributed by atoms with Crippen LogP contribution in [0.15, 0.2) is 60.8 Å². The van der Waals surface area contributed by atoms with Crippen LogP contribution in [0.2, 0.25) is 0 Å². The Labute approximate surface area is 218 Å². The van der Waals surface area contributed by atoms with E-state index in [-0.39, 0.29) is 6.61 Å². The van der Waals surface area contributed by atoms with Crippen molar-refractivity contribution in [2.45, 2.75) is 81.9 Å². The van der Waals surface area contributed by atoms with E-state index in [2.05, 4.69) is 4.98 Å². The first kappa shape index (κ1) is 27.7. The van der Waals surface area contributed by atoms with Crippen LogP contribution in [0.4, 0.5) is 0 Å². The van der Waals surface area contributed by atoms with Gasteiger partial charge in [-0.05, 0) is 37.9 Å². The van der Waals surface area contributed by atoms with Gasteiger partial charge in [0.25, 0.3) is 0 Å². The number of nitrogens with one attached hydrogen (secondary N) is 1. The highest BCUT2D eigenvalue weighted by Crippen LogP contribution is 2.34. The maximum absolute atomic E-state index is 11.4. The average molecular weight is 513 g/mol. The standard InChI is InChI=1S/C29H40N2O6/c1-19(22-17-31-23-14-8-7-13-21(22)23)37-29-26(34)27(35-16-10-3-2-9-15-30)24(32)25(33)28(29)36-18-20-11-5-4-6-12-20/h4-8,11-14,17,19,24-29,31-34H,2-3,9-10,15-16,18,30H2,1H3. The summed E-state index contributed by atoms with van der Waals surface area (Å²) < 4.78 is 18.4. The third-order valence-electron chi connectivity index (χ3n) is 7.13. The highest BCUT2D eigenvalue weighted by molar-refractivity contribution is 5.83. The fourth-order valence-electron chi connectivity index (χ4n) is 5.04. The lowest BCUT2D eigenvalue weighted by atomic mass is 9.84. The normalized spacial score (nSPS) is 26.9. The van der Waals surface area contributed by atoms with E-state index in [4.69, 9.17) is 19.9 Å². The van der Waals surface area contributed by atoms with Crippen LogP contribution in [-0.2, 0) is 20.8 Å². The van der Waals surface area contributed by atoms with Crippen LogP contribution in [0, 0.1) is 0 Å². The summed E-state index contributed by atoms with van der Waals surface area (Å²) in [6.45, 7) is 3.12. The van der Waals surface area contributed by atoms with E-state index in [0.717, 1.165) is 47.7 Å². The quantitative estimate of drug-likeness (QED) is 0.222. The zero-order valence-electron chi connectivity index (χ0n) is 21.4. The molecule has 1 saturated carbocycles. The molecule has 0 radical (unpaired) electrons. The summed E-state index contributed by atoms with van der Waals surface area (Å²) in [6.07, 6.45) is -1.54. The lowest BCUT2D eigenvalue weighted by Gasteiger charge is -2.46. The fraction of sp³-hybridized carbons (Fsp3) is 0.517. The van der Waals surface area contributed by atoms with Gasteiger partial charge in [-0.25, -0.2) is 0 Å². The molecule has 0 bridgehead atoms. The number of aromatic amines is 1. The summed E-state index contributed by atoms with van der Waals surface area (Å²) in [7, 11) is 0. The number of aliphatic hydroxyl groups is 3. The van der Waals surface area contributed by atoms with Crippen LogP contribution in [0.25, 0.3) is 10.9 Å². The monoisotopic (exact) mass is 512 g/mol. The molecule has 7 unspecified atom stereocenters. The van der Waals surface area contributed by atoms with Gasteiger partial charge < -0.3 is 40.2 Å². The Morgan fingerprint density at radius 2 is 1.51 bits per heavy atom. The predicted molar refractivity (Wildman–Crippen MR) is 142 cm³/mol. The minimum absolute atomic E-state index is 0.204. The number of hydrogen-bond acceptors (Lipinski definition) is 7. The van der Waals surface area contributed by atoms with E-state index in [0.29, 0.717) is 13.2 Å². The number of ether oxygens (including phenoxy) is 3. The zero-order chi connectivity index (χ0) is 26.2. The second-order valence-electron chi connectivity index (χ2n) is 9.80. The largest absolute Gasteiger partial charge is 0.387 e. The second kappa shape index (κ2) is 13.5. The van der Waals surface area contributed by atoms with Crippen molar-refractivity contribution in [3.63, 3.8) is 0 Å². The molecule has 1 aromatic heterocycles. The number of hydrogen-bond donors (Lipinski definition) is 5. The Hall–Kier alpha value is -2.30. The van der Waals surface area contributed by atoms with E-state index in [1.807, 2.05) is 67.7 Å². The van der Waals surface area contributed by atoms with Gasteiger partial charge >= 0.3 is 0 Å². The van der Waals surface area contributed by atoms with E-state index in [1.54, 1.807) is 0 Å². The first-order valence-electron chi connectivity index (χ1n) is 13.2. The van der Waals surface area contributed by atoms with E-state index in [9.17, 15) is 15.3 Å². The van der Waals surface area contributed by atoms with Gasteiger partial charge in [-0.1, -0.05) is 61.4 Å². The molecular weight excluding hydrogens is 472 g/mol. The van der Waals surface area contributed by atoms with Gasteiger partial charge in [0.15, 0.2) is 0 Å². The Morgan fingerprint density at radius 1 is 0.811 bits per heavy atom. The molecule has 1 fully saturated rings. The number of aromatic nitrogens is 1. The maximum atomic E-state index is 11.4. The first-order valence-corrected chi connectivity index (χ1v) is 13.2. The number of aliphatic hydroxyl groups excluding tert-OH is 3. The molecule has 1 heterocycles. The number of nitrogens with two attached hydrogens (primary N) is 1. The van der Waals surface area contributed by atoms with Crippen molar-refractivity contribution in [3.05, 3.63) is 71.9 Å². The highest BCUT2D eigenvalue weighted by Gasteiger charge is 2.52. The predicted octanol–water partition coefficient (Wildman–Crippen LogP) is 3.20. The van der Waals surface area contributed by atoms with E-state index >= 15 is 0 Å². The SMILES string of the molecule is CC(OC1C(O)C(OCCCCCCN)C(O)C(O)C1OCc1ccccc1)c1c[nH]c2ccccc12. The first-order chi connectivity index (χ1) is 18.0. The van der Waals surface area contributed by atoms with Gasteiger partial charge in [0.05, 0.1) is 12.7 Å². The topological polar surface area (TPSA) is 130 Å². The third kappa shape index (κ3) is 6.78. The molecule has 0 saturated heterocycles. The summed E-state index contributed by atoms with van der Waals surface area (Å²) in [6, 6.07) is 17.5. The molecule has 1 aliphatic rings. The van der Waals surface area contributed by atoms with Gasteiger partial charge in [0.2, 0.25) is 0 Å². The lowest BCUT2D eigenvalue weighted by molar-refractivity contribution is -0.265. The van der Waals surface area contributed by atoms with Crippen LogP contribution >= 0.6 is 0 Å². The number of fused-ring (bicyclic) bond motifs is 1. The number of rotatable bonds is 13. The molecule has 3 aromatic rings. The van der Waals surface area contributed by atoms with Crippen molar-refractivity contribution >= 4 is 10.9 Å². The Balaban J connectivity index is 1.50. The smallest absolute Gasteiger partial charge is 0.116 e. The Kier molecular flexibility index (Phi) is 10.1. The molecule has 4 rings (SSSR count). The molecule has 37 heavy (non-hydrogen) atoms. The van der Waals surface area contributed by atoms with Crippen LogP contribution in [0.5, 0.6) is 0 Å². The van der Waals surface area contributed by atoms with Gasteiger partial charge in [-0.3, -0.25) is 0 Å². The van der Waals surface area contributed by atoms with Crippen molar-refractivity contribution in [1.82, 2.24) is 4.98 Å². The van der Waals surface area contributed by atoms with Crippen LogP contribution in [-0.4, -0.2) is 70.1 Å². The molecule has 6 N–H and O–H groups in total. The lowest BCUT2D eigenvalue weighted by Crippen LogP contribution is -2.65. The summed E-state index contributed by atoms with van der Waals surface area (Å²) in [5.74, 6) is 0. The summed E-state index contributed by atoms with van der Waals surface area (Å²) >= 11 is 0. The molecule has 0 amide bonds. The van der Waals surface area contributed by atoms with Crippen molar-refractivity contribution < 1.29 is 29.5 Å². The Bertz CT molecular complexity index is 1080. The second-order valence-corrected chi connectivity index (χ2v) is 9.80. The number of benzene rings is 2. The van der Waals surface area contributed by atoms with Crippen LogP contribution < -0.4 is 5.73 Å². The van der Waals surface area contributed by atoms with E-state index < -0.39 is 42.7 Å². The molecule has 0 aliphatic heterocycles. The van der Waals surface area contributed by atoms with Crippen LogP contribution in [0.3, 0.4) is 0 Å². The molecule has 7 atom stereocenters. The van der Waals surface area contributed by atoms with Crippen molar-refractivity contribution in [1.29, 1.82) is 0 Å². The highest BCUT2D eigenvalue weighted by atomic mass is 16.6. The van der Waals surface area contributed by atoms with Gasteiger partial charge in [0.1, 0.15) is 36.6 Å². The van der Waals surface area contributed by atoms with Crippen molar-refractivity contribution in [2.75, 3.05) is 13.2 Å². The molecule has 8 heteroatoms. The van der Waals surface area contributed by atoms with Gasteiger partial charge in [0, 0.05) is 29.3 Å². The third-order valence-corrected chi connectivity index (χ3v) is 7.13. The van der Waals surface area contributed by atoms with Gasteiger partial charge in [-0.15, -0.1) is 0 Å². The zero-order valence-corrected chi connectivity index (χ0v) is 21.4. The number of unbranched alkanes of at least 4 members (excludes halogenated alkanes) is 3. The minimum Gasteiger partial charge on any atom is -0.387 e. The molecule has 2 aromatic carbocycles. The van der Waals surface area contributed by atoms with Crippen molar-refractivity contribution in [2.24, 2.45) is 5.73 Å². The molecule has 0 spiro atoms. The average Bonchev–Trinajstić information content (AvgIpc) is 3.35. The summed E-state index contributed by atoms with van der Waals surface area (Å²) in [5, 5.41) is 34.4. The van der Waals surface area contributed by atoms with E-state index in [1.165, 1.54) is 0 Å². The summed E-state index contributed by atoms with van der Waals surface area (Å²) in [4.78, 5) is 3.25. The number of H-pyrrole nitrogens is 1. The van der Waals surface area contributed by atoms with Crippen LogP contribution in [0.1, 0.15) is 49.8 Å². The minimum atomic E-state index is -1.32. The molecule has 1 aliphatic carbocycles.